The van der Waals surface area contributed by atoms with Gasteiger partial charge < -0.3 is 24.2 Å². The van der Waals surface area contributed by atoms with Crippen molar-refractivity contribution in [2.75, 3.05) is 32.1 Å². The van der Waals surface area contributed by atoms with Crippen LogP contribution in [0, 0.1) is 5.92 Å². The Morgan fingerprint density at radius 3 is 2.38 bits per heavy atom. The molecule has 1 aromatic carbocycles. The minimum atomic E-state index is -3.46. The van der Waals surface area contributed by atoms with E-state index in [0.717, 1.165) is 18.4 Å². The van der Waals surface area contributed by atoms with Crippen LogP contribution < -0.4 is 5.32 Å². The third-order valence-electron chi connectivity index (χ3n) is 8.65. The number of nitrogens with zero attached hydrogens (tertiary/aromatic N) is 3. The molecule has 4 saturated heterocycles. The van der Waals surface area contributed by atoms with Crippen molar-refractivity contribution in [3.05, 3.63) is 53.4 Å². The van der Waals surface area contributed by atoms with Crippen molar-refractivity contribution in [3.8, 4) is 0 Å². The average Bonchev–Trinajstić information content (AvgIpc) is 3.50. The molecule has 0 saturated carbocycles. The molecule has 2 aromatic rings. The molecule has 2 bridgehead atoms. The summed E-state index contributed by atoms with van der Waals surface area (Å²) in [6.07, 6.45) is 3.70. The molecule has 4 aliphatic rings. The molecule has 0 spiro atoms. The predicted octanol–water partition coefficient (Wildman–Crippen LogP) is 2.89. The van der Waals surface area contributed by atoms with Crippen LogP contribution in [0.3, 0.4) is 0 Å². The Balaban J connectivity index is 0.975. The molecule has 12 heteroatoms. The quantitative estimate of drug-likeness (QED) is 0.511. The number of benzene rings is 1. The van der Waals surface area contributed by atoms with Crippen molar-refractivity contribution in [2.45, 2.75) is 69.2 Å². The SMILES string of the molecule is O=C(NC1C[C@H]2CC[C@@H](C1)N2S(=O)(=O)CC1CCN(C(=O)OCc2ccccc2)CC1)c1cc(C2COC2)on1. The Kier molecular flexibility index (Phi) is 7.82. The van der Waals surface area contributed by atoms with Crippen LogP contribution in [0.1, 0.15) is 66.3 Å². The lowest BCUT2D eigenvalue weighted by Crippen LogP contribution is -2.53. The van der Waals surface area contributed by atoms with Gasteiger partial charge >= 0.3 is 6.09 Å². The van der Waals surface area contributed by atoms with E-state index in [0.29, 0.717) is 57.7 Å². The number of likely N-dealkylation sites (tertiary alicyclic amines) is 1. The van der Waals surface area contributed by atoms with E-state index < -0.39 is 10.0 Å². The van der Waals surface area contributed by atoms with Crippen LogP contribution in [0.5, 0.6) is 0 Å². The second kappa shape index (κ2) is 11.5. The van der Waals surface area contributed by atoms with E-state index in [1.165, 1.54) is 0 Å². The second-order valence-corrected chi connectivity index (χ2v) is 13.4. The average molecular weight is 573 g/mol. The summed E-state index contributed by atoms with van der Waals surface area (Å²) in [6, 6.07) is 10.9. The van der Waals surface area contributed by atoms with Gasteiger partial charge in [-0.25, -0.2) is 13.2 Å². The molecule has 4 fully saturated rings. The maximum atomic E-state index is 13.5. The summed E-state index contributed by atoms with van der Waals surface area (Å²) >= 11 is 0. The number of amides is 2. The molecule has 6 rings (SSSR count). The zero-order chi connectivity index (χ0) is 27.7. The fraction of sp³-hybridized carbons (Fsp3) is 0.607. The number of piperidine rings is 2. The molecule has 11 nitrogen and oxygen atoms in total. The van der Waals surface area contributed by atoms with E-state index in [9.17, 15) is 18.0 Å². The van der Waals surface area contributed by atoms with Gasteiger partial charge in [-0.1, -0.05) is 35.5 Å². The lowest BCUT2D eigenvalue weighted by Gasteiger charge is -2.39. The van der Waals surface area contributed by atoms with Crippen LogP contribution in [-0.4, -0.2) is 85.0 Å². The number of carbonyl (C=O) groups is 2. The van der Waals surface area contributed by atoms with E-state index in [-0.39, 0.29) is 60.0 Å². The van der Waals surface area contributed by atoms with Crippen molar-refractivity contribution < 1.29 is 32.0 Å². The van der Waals surface area contributed by atoms with Gasteiger partial charge in [0.05, 0.1) is 24.9 Å². The molecule has 40 heavy (non-hydrogen) atoms. The van der Waals surface area contributed by atoms with Crippen LogP contribution in [-0.2, 0) is 26.1 Å². The Morgan fingerprint density at radius 1 is 1.02 bits per heavy atom. The van der Waals surface area contributed by atoms with Crippen molar-refractivity contribution in [3.63, 3.8) is 0 Å². The van der Waals surface area contributed by atoms with Crippen molar-refractivity contribution in [2.24, 2.45) is 5.92 Å². The molecule has 1 unspecified atom stereocenters. The minimum Gasteiger partial charge on any atom is -0.445 e. The predicted molar refractivity (Wildman–Crippen MR) is 144 cm³/mol. The lowest BCUT2D eigenvalue weighted by molar-refractivity contribution is -0.00228. The van der Waals surface area contributed by atoms with E-state index in [4.69, 9.17) is 14.0 Å². The molecular weight excluding hydrogens is 536 g/mol. The Morgan fingerprint density at radius 2 is 1.73 bits per heavy atom. The van der Waals surface area contributed by atoms with Gasteiger partial charge in [-0.2, -0.15) is 4.31 Å². The van der Waals surface area contributed by atoms with Crippen LogP contribution in [0.4, 0.5) is 4.79 Å². The van der Waals surface area contributed by atoms with Gasteiger partial charge in [0.2, 0.25) is 10.0 Å². The number of aromatic nitrogens is 1. The first-order valence-electron chi connectivity index (χ1n) is 14.2. The van der Waals surface area contributed by atoms with E-state index in [1.54, 1.807) is 15.3 Å². The normalized spacial score (nSPS) is 25.9. The van der Waals surface area contributed by atoms with Crippen LogP contribution >= 0.6 is 0 Å². The first-order chi connectivity index (χ1) is 19.4. The van der Waals surface area contributed by atoms with Gasteiger partial charge in [0.1, 0.15) is 12.4 Å². The fourth-order valence-electron chi connectivity index (χ4n) is 6.43. The molecule has 0 aliphatic carbocycles. The molecule has 1 aromatic heterocycles. The summed E-state index contributed by atoms with van der Waals surface area (Å²) in [5.41, 5.74) is 1.18. The first kappa shape index (κ1) is 27.2. The zero-order valence-corrected chi connectivity index (χ0v) is 23.3. The number of fused-ring (bicyclic) bond motifs is 2. The number of rotatable bonds is 8. The number of ether oxygens (including phenoxy) is 2. The highest BCUT2D eigenvalue weighted by Gasteiger charge is 2.47. The maximum absolute atomic E-state index is 13.5. The number of carbonyl (C=O) groups excluding carboxylic acids is 2. The Labute approximate surface area is 234 Å². The molecule has 3 atom stereocenters. The van der Waals surface area contributed by atoms with E-state index in [2.05, 4.69) is 10.5 Å². The van der Waals surface area contributed by atoms with Crippen molar-refractivity contribution >= 4 is 22.0 Å². The third-order valence-corrected chi connectivity index (χ3v) is 10.8. The van der Waals surface area contributed by atoms with Gasteiger partial charge in [0.15, 0.2) is 5.69 Å². The van der Waals surface area contributed by atoms with E-state index in [1.807, 2.05) is 30.3 Å². The zero-order valence-electron chi connectivity index (χ0n) is 22.4. The summed E-state index contributed by atoms with van der Waals surface area (Å²) in [5, 5.41) is 6.97. The second-order valence-electron chi connectivity index (χ2n) is 11.5. The maximum Gasteiger partial charge on any atom is 0.410 e. The van der Waals surface area contributed by atoms with Gasteiger partial charge in [0.25, 0.3) is 5.91 Å². The third kappa shape index (κ3) is 5.89. The lowest BCUT2D eigenvalue weighted by atomic mass is 9.99. The molecule has 1 N–H and O–H groups in total. The highest BCUT2D eigenvalue weighted by Crippen LogP contribution is 2.39. The highest BCUT2D eigenvalue weighted by atomic mass is 32.2. The number of hydrogen-bond acceptors (Lipinski definition) is 8. The molecule has 216 valence electrons. The molecule has 0 radical (unpaired) electrons. The van der Waals surface area contributed by atoms with Gasteiger partial charge in [-0.05, 0) is 50.0 Å². The number of sulfonamides is 1. The smallest absolute Gasteiger partial charge is 0.410 e. The first-order valence-corrected chi connectivity index (χ1v) is 15.8. The van der Waals surface area contributed by atoms with Crippen LogP contribution in [0.2, 0.25) is 0 Å². The molecule has 4 aliphatic heterocycles. The monoisotopic (exact) mass is 572 g/mol. The molecule has 2 amide bonds. The summed E-state index contributed by atoms with van der Waals surface area (Å²) < 4.78 is 44.7. The summed E-state index contributed by atoms with van der Waals surface area (Å²) in [5.74, 6) is 0.620. The summed E-state index contributed by atoms with van der Waals surface area (Å²) in [6.45, 7) is 2.36. The number of nitrogens with one attached hydrogen (secondary N) is 1. The van der Waals surface area contributed by atoms with Gasteiger partial charge in [-0.3, -0.25) is 4.79 Å². The van der Waals surface area contributed by atoms with Crippen LogP contribution in [0.25, 0.3) is 0 Å². The van der Waals surface area contributed by atoms with Crippen molar-refractivity contribution in [1.29, 1.82) is 0 Å². The summed E-state index contributed by atoms with van der Waals surface area (Å²) in [7, 11) is -3.46. The topological polar surface area (TPSA) is 131 Å². The van der Waals surface area contributed by atoms with Gasteiger partial charge in [-0.15, -0.1) is 0 Å². The van der Waals surface area contributed by atoms with Crippen molar-refractivity contribution in [1.82, 2.24) is 19.7 Å². The molecule has 5 heterocycles. The number of hydrogen-bond donors (Lipinski definition) is 1. The Hall–Kier alpha value is -2.96. The Bertz CT molecular complexity index is 1290. The van der Waals surface area contributed by atoms with Gasteiger partial charge in [0, 0.05) is 37.3 Å². The molecular formula is C28H36N4O7S. The summed E-state index contributed by atoms with van der Waals surface area (Å²) in [4.78, 5) is 26.9. The standard InChI is InChI=1S/C28H36N4O7S/c33-27(25-14-26(39-30-25)21-16-37-17-21)29-22-12-23-6-7-24(13-22)32(23)40(35,36)18-20-8-10-31(11-9-20)28(34)38-15-19-4-2-1-3-5-19/h1-5,14,20-24H,6-13,15-18H2,(H,29,33)/t22?,23-,24+. The fourth-order valence-corrected chi connectivity index (χ4v) is 8.82. The van der Waals surface area contributed by atoms with Crippen LogP contribution in [0.15, 0.2) is 40.9 Å². The minimum absolute atomic E-state index is 0.00225. The van der Waals surface area contributed by atoms with E-state index >= 15 is 0 Å². The largest absolute Gasteiger partial charge is 0.445 e. The highest BCUT2D eigenvalue weighted by molar-refractivity contribution is 7.89.